The van der Waals surface area contributed by atoms with Crippen LogP contribution in [0.3, 0.4) is 0 Å². The molecule has 0 aliphatic rings. The Kier molecular flexibility index (Phi) is 7.88. The highest BCUT2D eigenvalue weighted by Crippen LogP contribution is 2.39. The lowest BCUT2D eigenvalue weighted by Gasteiger charge is -2.18. The van der Waals surface area contributed by atoms with Gasteiger partial charge in [-0.05, 0) is 36.4 Å². The maximum absolute atomic E-state index is 9.74. The number of nitrogens with one attached hydrogen (secondary N) is 1. The van der Waals surface area contributed by atoms with Gasteiger partial charge in [-0.15, -0.1) is 0 Å². The van der Waals surface area contributed by atoms with Crippen molar-refractivity contribution in [2.45, 2.75) is 13.2 Å². The molecule has 0 saturated carbocycles. The minimum absolute atomic E-state index is 0.152. The molecule has 0 unspecified atom stereocenters. The molecule has 0 aliphatic carbocycles. The average molecular weight is 552 g/mol. The maximum atomic E-state index is 9.74. The van der Waals surface area contributed by atoms with Crippen molar-refractivity contribution in [2.75, 3.05) is 12.4 Å². The third-order valence-electron chi connectivity index (χ3n) is 4.30. The first-order chi connectivity index (χ1) is 14.3. The molecule has 0 heterocycles. The molecule has 0 saturated heterocycles. The van der Waals surface area contributed by atoms with Crippen LogP contribution in [0.5, 0.6) is 17.2 Å². The number of hydrogen-bond acceptors (Lipinski definition) is 4. The fraction of sp³-hybridized carbons (Fsp3) is 0.143. The molecule has 3 aromatic carbocycles. The normalized spacial score (nSPS) is 10.7. The third kappa shape index (κ3) is 5.21. The second-order valence-electron chi connectivity index (χ2n) is 6.19. The van der Waals surface area contributed by atoms with E-state index in [4.69, 9.17) is 55.9 Å². The van der Waals surface area contributed by atoms with Gasteiger partial charge in [0.25, 0.3) is 0 Å². The van der Waals surface area contributed by atoms with E-state index in [-0.39, 0.29) is 22.4 Å². The van der Waals surface area contributed by atoms with Gasteiger partial charge in [-0.1, -0.05) is 68.4 Å². The molecule has 0 bridgehead atoms. The van der Waals surface area contributed by atoms with Gasteiger partial charge in [0.2, 0.25) is 0 Å². The van der Waals surface area contributed by atoms with Crippen molar-refractivity contribution in [3.8, 4) is 17.2 Å². The summed E-state index contributed by atoms with van der Waals surface area (Å²) in [6, 6.07) is 12.1. The molecular weight excluding hydrogens is 536 g/mol. The largest absolute Gasteiger partial charge is 0.505 e. The summed E-state index contributed by atoms with van der Waals surface area (Å²) in [4.78, 5) is 0. The number of aromatic hydroxyl groups is 1. The molecule has 0 aromatic heterocycles. The maximum Gasteiger partial charge on any atom is 0.167 e. The molecule has 0 atom stereocenters. The lowest BCUT2D eigenvalue weighted by Crippen LogP contribution is -2.07. The number of phenols is 1. The molecule has 158 valence electrons. The summed E-state index contributed by atoms with van der Waals surface area (Å²) in [6.07, 6.45) is 0. The van der Waals surface area contributed by atoms with E-state index in [1.165, 1.54) is 0 Å². The monoisotopic (exact) mass is 549 g/mol. The van der Waals surface area contributed by atoms with Crippen LogP contribution in [0, 0.1) is 0 Å². The van der Waals surface area contributed by atoms with E-state index in [1.54, 1.807) is 43.5 Å². The Bertz CT molecular complexity index is 1040. The highest BCUT2D eigenvalue weighted by Gasteiger charge is 2.17. The minimum Gasteiger partial charge on any atom is -0.505 e. The van der Waals surface area contributed by atoms with Crippen LogP contribution in [0.2, 0.25) is 20.1 Å². The van der Waals surface area contributed by atoms with Crippen molar-refractivity contribution in [2.24, 2.45) is 0 Å². The molecule has 4 nitrogen and oxygen atoms in total. The summed E-state index contributed by atoms with van der Waals surface area (Å²) in [7, 11) is 1.56. The van der Waals surface area contributed by atoms with Crippen LogP contribution in [0.25, 0.3) is 0 Å². The van der Waals surface area contributed by atoms with Crippen LogP contribution in [0.1, 0.15) is 11.1 Å². The van der Waals surface area contributed by atoms with Gasteiger partial charge < -0.3 is 19.9 Å². The predicted octanol–water partition coefficient (Wildman–Crippen LogP) is 7.97. The van der Waals surface area contributed by atoms with E-state index >= 15 is 0 Å². The molecule has 0 amide bonds. The number of phenolic OH excluding ortho intramolecular Hbond substituents is 1. The number of methoxy groups -OCH3 is 1. The summed E-state index contributed by atoms with van der Waals surface area (Å²) in [5.41, 5.74) is 2.12. The Morgan fingerprint density at radius 1 is 0.933 bits per heavy atom. The van der Waals surface area contributed by atoms with E-state index in [0.717, 1.165) is 10.0 Å². The van der Waals surface area contributed by atoms with Gasteiger partial charge >= 0.3 is 0 Å². The van der Waals surface area contributed by atoms with E-state index < -0.39 is 0 Å². The van der Waals surface area contributed by atoms with E-state index in [9.17, 15) is 5.11 Å². The van der Waals surface area contributed by atoms with Crippen molar-refractivity contribution in [3.63, 3.8) is 0 Å². The van der Waals surface area contributed by atoms with Crippen molar-refractivity contribution in [3.05, 3.63) is 78.2 Å². The lowest BCUT2D eigenvalue weighted by atomic mass is 10.1. The van der Waals surface area contributed by atoms with Crippen LogP contribution in [0.4, 0.5) is 5.69 Å². The molecule has 30 heavy (non-hydrogen) atoms. The molecule has 0 radical (unpaired) electrons. The van der Waals surface area contributed by atoms with Crippen molar-refractivity contribution >= 4 is 68.0 Å². The molecule has 0 spiro atoms. The molecule has 9 heteroatoms. The lowest BCUT2D eigenvalue weighted by molar-refractivity contribution is 0.281. The Hall–Kier alpha value is -1.50. The highest BCUT2D eigenvalue weighted by atomic mass is 79.9. The van der Waals surface area contributed by atoms with Crippen molar-refractivity contribution < 1.29 is 14.6 Å². The summed E-state index contributed by atoms with van der Waals surface area (Å²) in [5, 5.41) is 14.3. The molecule has 0 fully saturated rings. The van der Waals surface area contributed by atoms with Gasteiger partial charge in [0.05, 0.1) is 17.2 Å². The summed E-state index contributed by atoms with van der Waals surface area (Å²) in [6.45, 7) is 0.524. The number of hydrogen-bond donors (Lipinski definition) is 2. The van der Waals surface area contributed by atoms with Gasteiger partial charge in [-0.3, -0.25) is 0 Å². The SMILES string of the molecule is COc1ccc(Br)c(CNc2cc(Cl)c(O)c(Cl)c2)c1OCc1c(Cl)cccc1Cl. The zero-order valence-electron chi connectivity index (χ0n) is 15.6. The smallest absolute Gasteiger partial charge is 0.167 e. The fourth-order valence-corrected chi connectivity index (χ4v) is 4.18. The van der Waals surface area contributed by atoms with Crippen LogP contribution >= 0.6 is 62.3 Å². The quantitative estimate of drug-likeness (QED) is 0.292. The van der Waals surface area contributed by atoms with Crippen LogP contribution in [-0.2, 0) is 13.2 Å². The van der Waals surface area contributed by atoms with Gasteiger partial charge in [-0.2, -0.15) is 0 Å². The Labute approximate surface area is 202 Å². The second-order valence-corrected chi connectivity index (χ2v) is 8.67. The van der Waals surface area contributed by atoms with Gasteiger partial charge in [0, 0.05) is 37.9 Å². The minimum atomic E-state index is -0.160. The summed E-state index contributed by atoms with van der Waals surface area (Å²) < 4.78 is 12.4. The Balaban J connectivity index is 1.89. The van der Waals surface area contributed by atoms with Crippen molar-refractivity contribution in [1.29, 1.82) is 0 Å². The number of ether oxygens (including phenoxy) is 2. The first-order valence-electron chi connectivity index (χ1n) is 8.64. The third-order valence-corrected chi connectivity index (χ3v) is 6.32. The molecule has 3 aromatic rings. The van der Waals surface area contributed by atoms with E-state index in [1.807, 2.05) is 6.07 Å². The zero-order valence-corrected chi connectivity index (χ0v) is 20.2. The van der Waals surface area contributed by atoms with Gasteiger partial charge in [0.1, 0.15) is 6.61 Å². The van der Waals surface area contributed by atoms with Gasteiger partial charge in [-0.25, -0.2) is 0 Å². The van der Waals surface area contributed by atoms with E-state index in [0.29, 0.717) is 39.3 Å². The van der Waals surface area contributed by atoms with Crippen LogP contribution in [-0.4, -0.2) is 12.2 Å². The topological polar surface area (TPSA) is 50.7 Å². The standard InChI is InChI=1S/C21H16BrCl4NO3/c1-29-19-6-5-14(22)12(9-27-11-7-17(25)20(28)18(26)8-11)21(19)30-10-13-15(23)3-2-4-16(13)24/h2-8,27-28H,9-10H2,1H3. The Morgan fingerprint density at radius 2 is 1.57 bits per heavy atom. The van der Waals surface area contributed by atoms with Crippen LogP contribution in [0.15, 0.2) is 46.9 Å². The van der Waals surface area contributed by atoms with E-state index in [2.05, 4.69) is 21.2 Å². The average Bonchev–Trinajstić information content (AvgIpc) is 2.71. The Morgan fingerprint density at radius 3 is 2.17 bits per heavy atom. The molecule has 2 N–H and O–H groups in total. The first-order valence-corrected chi connectivity index (χ1v) is 10.9. The summed E-state index contributed by atoms with van der Waals surface area (Å²) >= 11 is 28.1. The number of benzene rings is 3. The molecule has 3 rings (SSSR count). The van der Waals surface area contributed by atoms with Gasteiger partial charge in [0.15, 0.2) is 17.2 Å². The predicted molar refractivity (Wildman–Crippen MR) is 127 cm³/mol. The second kappa shape index (κ2) is 10.2. The van der Waals surface area contributed by atoms with Crippen molar-refractivity contribution in [1.82, 2.24) is 0 Å². The number of rotatable bonds is 7. The summed E-state index contributed by atoms with van der Waals surface area (Å²) in [5.74, 6) is 0.929. The number of anilines is 1. The first kappa shape index (κ1) is 23.2. The van der Waals surface area contributed by atoms with Crippen LogP contribution < -0.4 is 14.8 Å². The highest BCUT2D eigenvalue weighted by molar-refractivity contribution is 9.10. The molecule has 0 aliphatic heterocycles. The fourth-order valence-electron chi connectivity index (χ4n) is 2.74. The number of halogens is 5. The molecular formula is C21H16BrCl4NO3. The zero-order chi connectivity index (χ0) is 21.8.